The van der Waals surface area contributed by atoms with Crippen molar-refractivity contribution >= 4 is 5.91 Å². The molecule has 1 amide bonds. The van der Waals surface area contributed by atoms with Gasteiger partial charge < -0.3 is 19.6 Å². The minimum absolute atomic E-state index is 0.146. The van der Waals surface area contributed by atoms with E-state index >= 15 is 0 Å². The van der Waals surface area contributed by atoms with E-state index < -0.39 is 5.60 Å². The maximum absolute atomic E-state index is 11.7. The fraction of sp³-hybridized carbons (Fsp3) is 0.636. The van der Waals surface area contributed by atoms with Gasteiger partial charge in [0.15, 0.2) is 6.39 Å². The number of oxazole rings is 1. The van der Waals surface area contributed by atoms with E-state index in [1.54, 1.807) is 13.8 Å². The van der Waals surface area contributed by atoms with E-state index in [-0.39, 0.29) is 24.3 Å². The zero-order valence-corrected chi connectivity index (χ0v) is 9.90. The Kier molecular flexibility index (Phi) is 3.17. The maximum atomic E-state index is 11.7. The second-order valence-electron chi connectivity index (χ2n) is 4.32. The summed E-state index contributed by atoms with van der Waals surface area (Å²) in [5.74, 6) is -0.187. The standard InChI is InChI=1S/C11H16N2O4/c1-7-9(17-6-13-7)10(14)12-5-11(15)3-4-16-8(11)2/h6,8,15H,3-5H2,1-2H3,(H,12,14). The normalized spacial score (nSPS) is 28.3. The van der Waals surface area contributed by atoms with Crippen LogP contribution in [-0.2, 0) is 4.74 Å². The fourth-order valence-electron chi connectivity index (χ4n) is 1.84. The van der Waals surface area contributed by atoms with E-state index in [0.717, 1.165) is 0 Å². The van der Waals surface area contributed by atoms with Gasteiger partial charge in [0.2, 0.25) is 5.76 Å². The summed E-state index contributed by atoms with van der Waals surface area (Å²) >= 11 is 0. The Morgan fingerprint density at radius 1 is 1.76 bits per heavy atom. The molecule has 1 aromatic heterocycles. The second-order valence-corrected chi connectivity index (χ2v) is 4.32. The Morgan fingerprint density at radius 3 is 3.06 bits per heavy atom. The van der Waals surface area contributed by atoms with Crippen LogP contribution in [0.5, 0.6) is 0 Å². The Hall–Kier alpha value is -1.40. The number of nitrogens with one attached hydrogen (secondary N) is 1. The van der Waals surface area contributed by atoms with Crippen molar-refractivity contribution in [1.82, 2.24) is 10.3 Å². The Balaban J connectivity index is 1.95. The van der Waals surface area contributed by atoms with Gasteiger partial charge in [-0.1, -0.05) is 0 Å². The molecule has 1 aliphatic rings. The first kappa shape index (κ1) is 12.1. The lowest BCUT2D eigenvalue weighted by atomic mass is 9.97. The smallest absolute Gasteiger partial charge is 0.289 e. The zero-order chi connectivity index (χ0) is 12.5. The monoisotopic (exact) mass is 240 g/mol. The highest BCUT2D eigenvalue weighted by Crippen LogP contribution is 2.24. The summed E-state index contributed by atoms with van der Waals surface area (Å²) in [4.78, 5) is 15.6. The molecule has 6 heteroatoms. The van der Waals surface area contributed by atoms with Crippen molar-refractivity contribution in [3.8, 4) is 0 Å². The number of rotatable bonds is 3. The van der Waals surface area contributed by atoms with Gasteiger partial charge in [-0.15, -0.1) is 0 Å². The van der Waals surface area contributed by atoms with Gasteiger partial charge in [0.05, 0.1) is 11.8 Å². The van der Waals surface area contributed by atoms with Crippen LogP contribution in [0.2, 0.25) is 0 Å². The van der Waals surface area contributed by atoms with Crippen LogP contribution in [0.1, 0.15) is 29.6 Å². The van der Waals surface area contributed by atoms with Crippen LogP contribution in [0.3, 0.4) is 0 Å². The predicted molar refractivity (Wildman–Crippen MR) is 58.6 cm³/mol. The van der Waals surface area contributed by atoms with Gasteiger partial charge in [-0.3, -0.25) is 4.79 Å². The first-order valence-corrected chi connectivity index (χ1v) is 5.55. The molecular weight excluding hydrogens is 224 g/mol. The van der Waals surface area contributed by atoms with Gasteiger partial charge in [0.1, 0.15) is 5.60 Å². The van der Waals surface area contributed by atoms with Crippen molar-refractivity contribution in [2.45, 2.75) is 32.0 Å². The highest BCUT2D eigenvalue weighted by atomic mass is 16.5. The second kappa shape index (κ2) is 4.46. The molecule has 0 radical (unpaired) electrons. The van der Waals surface area contributed by atoms with Crippen molar-refractivity contribution in [2.75, 3.05) is 13.2 Å². The molecule has 6 nitrogen and oxygen atoms in total. The third-order valence-electron chi connectivity index (χ3n) is 3.17. The molecule has 2 unspecified atom stereocenters. The minimum Gasteiger partial charge on any atom is -0.438 e. The van der Waals surface area contributed by atoms with Crippen LogP contribution >= 0.6 is 0 Å². The Morgan fingerprint density at radius 2 is 2.53 bits per heavy atom. The Labute approximate surface area is 99.0 Å². The number of aliphatic hydroxyl groups is 1. The van der Waals surface area contributed by atoms with Crippen LogP contribution in [0.15, 0.2) is 10.8 Å². The van der Waals surface area contributed by atoms with E-state index in [1.807, 2.05) is 0 Å². The molecule has 0 spiro atoms. The Bertz CT molecular complexity index is 417. The third kappa shape index (κ3) is 2.32. The number of amides is 1. The summed E-state index contributed by atoms with van der Waals surface area (Å²) in [6.07, 6.45) is 1.46. The third-order valence-corrected chi connectivity index (χ3v) is 3.17. The molecule has 2 atom stereocenters. The molecule has 2 rings (SSSR count). The van der Waals surface area contributed by atoms with Crippen LogP contribution in [-0.4, -0.2) is 40.9 Å². The molecule has 1 fully saturated rings. The number of carbonyl (C=O) groups excluding carboxylic acids is 1. The van der Waals surface area contributed by atoms with E-state index in [0.29, 0.717) is 18.7 Å². The molecule has 0 bridgehead atoms. The number of aromatic nitrogens is 1. The van der Waals surface area contributed by atoms with Crippen LogP contribution in [0, 0.1) is 6.92 Å². The summed E-state index contributed by atoms with van der Waals surface area (Å²) in [6, 6.07) is 0. The number of carbonyl (C=O) groups is 1. The van der Waals surface area contributed by atoms with Gasteiger partial charge in [-0.25, -0.2) is 4.98 Å². The molecule has 1 aliphatic heterocycles. The molecule has 0 aliphatic carbocycles. The maximum Gasteiger partial charge on any atom is 0.289 e. The molecule has 1 aromatic rings. The van der Waals surface area contributed by atoms with Gasteiger partial charge in [0.25, 0.3) is 5.91 Å². The number of aryl methyl sites for hydroxylation is 1. The predicted octanol–water partition coefficient (Wildman–Crippen LogP) is 0.253. The lowest BCUT2D eigenvalue weighted by Gasteiger charge is -2.25. The summed E-state index contributed by atoms with van der Waals surface area (Å²) in [7, 11) is 0. The molecule has 0 saturated carbocycles. The number of nitrogens with zero attached hydrogens (tertiary/aromatic N) is 1. The average molecular weight is 240 g/mol. The van der Waals surface area contributed by atoms with Gasteiger partial charge in [-0.2, -0.15) is 0 Å². The quantitative estimate of drug-likeness (QED) is 0.791. The van der Waals surface area contributed by atoms with Crippen molar-refractivity contribution < 1.29 is 19.1 Å². The molecule has 17 heavy (non-hydrogen) atoms. The van der Waals surface area contributed by atoms with Crippen molar-refractivity contribution in [1.29, 1.82) is 0 Å². The fourth-order valence-corrected chi connectivity index (χ4v) is 1.84. The lowest BCUT2D eigenvalue weighted by Crippen LogP contribution is -2.47. The van der Waals surface area contributed by atoms with Crippen molar-refractivity contribution in [2.24, 2.45) is 0 Å². The van der Waals surface area contributed by atoms with E-state index in [1.165, 1.54) is 6.39 Å². The molecule has 94 valence electrons. The largest absolute Gasteiger partial charge is 0.438 e. The van der Waals surface area contributed by atoms with Crippen LogP contribution in [0.4, 0.5) is 0 Å². The summed E-state index contributed by atoms with van der Waals surface area (Å²) in [5.41, 5.74) is -0.464. The minimum atomic E-state index is -0.996. The average Bonchev–Trinajstić information content (AvgIpc) is 2.84. The van der Waals surface area contributed by atoms with Crippen molar-refractivity contribution in [3.05, 3.63) is 17.8 Å². The molecular formula is C11H16N2O4. The molecule has 2 N–H and O–H groups in total. The van der Waals surface area contributed by atoms with Crippen LogP contribution < -0.4 is 5.32 Å². The van der Waals surface area contributed by atoms with E-state index in [2.05, 4.69) is 10.3 Å². The molecule has 0 aromatic carbocycles. The van der Waals surface area contributed by atoms with E-state index in [4.69, 9.17) is 9.15 Å². The highest BCUT2D eigenvalue weighted by Gasteiger charge is 2.39. The summed E-state index contributed by atoms with van der Waals surface area (Å²) < 4.78 is 10.2. The zero-order valence-electron chi connectivity index (χ0n) is 9.90. The first-order valence-electron chi connectivity index (χ1n) is 5.55. The highest BCUT2D eigenvalue weighted by molar-refractivity contribution is 5.92. The van der Waals surface area contributed by atoms with E-state index in [9.17, 15) is 9.90 Å². The topological polar surface area (TPSA) is 84.6 Å². The molecule has 2 heterocycles. The SMILES string of the molecule is Cc1ncoc1C(=O)NCC1(O)CCOC1C. The number of hydrogen-bond donors (Lipinski definition) is 2. The lowest BCUT2D eigenvalue weighted by molar-refractivity contribution is -0.0253. The van der Waals surface area contributed by atoms with Gasteiger partial charge in [-0.05, 0) is 13.8 Å². The molecule has 1 saturated heterocycles. The summed E-state index contributed by atoms with van der Waals surface area (Å²) in [5, 5.41) is 12.8. The number of ether oxygens (including phenoxy) is 1. The van der Waals surface area contributed by atoms with Crippen LogP contribution in [0.25, 0.3) is 0 Å². The van der Waals surface area contributed by atoms with Gasteiger partial charge in [0, 0.05) is 19.6 Å². The summed E-state index contributed by atoms with van der Waals surface area (Å²) in [6.45, 7) is 4.13. The van der Waals surface area contributed by atoms with Gasteiger partial charge >= 0.3 is 0 Å². The van der Waals surface area contributed by atoms with Crippen molar-refractivity contribution in [3.63, 3.8) is 0 Å². The number of hydrogen-bond acceptors (Lipinski definition) is 5. The first-order chi connectivity index (χ1) is 8.03.